The van der Waals surface area contributed by atoms with Crippen molar-refractivity contribution >= 4 is 55.0 Å². The van der Waals surface area contributed by atoms with Gasteiger partial charge in [-0.3, -0.25) is 9.52 Å². The van der Waals surface area contributed by atoms with Crippen LogP contribution in [0.4, 0.5) is 11.4 Å². The van der Waals surface area contributed by atoms with Crippen LogP contribution in [0, 0.1) is 0 Å². The number of benzene rings is 3. The van der Waals surface area contributed by atoms with Gasteiger partial charge in [0.2, 0.25) is 5.91 Å². The van der Waals surface area contributed by atoms with Crippen LogP contribution in [0.5, 0.6) is 0 Å². The fourth-order valence-corrected chi connectivity index (χ4v) is 4.35. The van der Waals surface area contributed by atoms with Crippen LogP contribution in [0.25, 0.3) is 0 Å². The smallest absolute Gasteiger partial charge is 0.261 e. The number of amides is 1. The second kappa shape index (κ2) is 9.27. The van der Waals surface area contributed by atoms with Crippen LogP contribution >= 0.6 is 27.7 Å². The molecular weight excluding hydrogens is 460 g/mol. The summed E-state index contributed by atoms with van der Waals surface area (Å²) in [5, 5.41) is 2.77. The molecule has 144 valence electrons. The second-order valence-electron chi connectivity index (χ2n) is 5.79. The van der Waals surface area contributed by atoms with E-state index < -0.39 is 10.0 Å². The molecule has 28 heavy (non-hydrogen) atoms. The molecule has 2 N–H and O–H groups in total. The molecule has 5 nitrogen and oxygen atoms in total. The minimum atomic E-state index is -3.70. The Morgan fingerprint density at radius 2 is 1.46 bits per heavy atom. The zero-order valence-corrected chi connectivity index (χ0v) is 17.9. The van der Waals surface area contributed by atoms with Gasteiger partial charge in [0.25, 0.3) is 10.0 Å². The van der Waals surface area contributed by atoms with Gasteiger partial charge in [0.15, 0.2) is 0 Å². The molecule has 0 aromatic heterocycles. The van der Waals surface area contributed by atoms with Gasteiger partial charge in [-0.25, -0.2) is 8.42 Å². The molecule has 3 aromatic carbocycles. The van der Waals surface area contributed by atoms with Crippen LogP contribution in [0.3, 0.4) is 0 Å². The zero-order valence-electron chi connectivity index (χ0n) is 14.6. The van der Waals surface area contributed by atoms with Gasteiger partial charge in [0, 0.05) is 20.7 Å². The molecule has 0 saturated heterocycles. The number of hydrogen-bond acceptors (Lipinski definition) is 4. The van der Waals surface area contributed by atoms with Crippen molar-refractivity contribution in [2.75, 3.05) is 15.8 Å². The molecule has 0 atom stereocenters. The number of rotatable bonds is 7. The average Bonchev–Trinajstić information content (AvgIpc) is 2.69. The number of sulfonamides is 1. The number of carbonyl (C=O) groups is 1. The van der Waals surface area contributed by atoms with Gasteiger partial charge in [-0.2, -0.15) is 0 Å². The SMILES string of the molecule is O=C(CSc1ccccc1)Nc1ccc(S(=O)(=O)Nc2ccc(Br)cc2)cc1. The maximum absolute atomic E-state index is 12.5. The number of carbonyl (C=O) groups excluding carboxylic acids is 1. The summed E-state index contributed by atoms with van der Waals surface area (Å²) < 4.78 is 28.3. The highest BCUT2D eigenvalue weighted by atomic mass is 79.9. The lowest BCUT2D eigenvalue weighted by Gasteiger charge is -2.10. The standard InChI is InChI=1S/C20H17BrN2O3S2/c21-15-6-8-17(9-7-15)23-28(25,26)19-12-10-16(11-13-19)22-20(24)14-27-18-4-2-1-3-5-18/h1-13,23H,14H2,(H,22,24). The zero-order chi connectivity index (χ0) is 20.0. The third-order valence-electron chi connectivity index (χ3n) is 3.66. The van der Waals surface area contributed by atoms with E-state index in [1.54, 1.807) is 36.4 Å². The molecule has 8 heteroatoms. The number of hydrogen-bond donors (Lipinski definition) is 2. The molecule has 0 saturated carbocycles. The second-order valence-corrected chi connectivity index (χ2v) is 9.43. The van der Waals surface area contributed by atoms with Crippen LogP contribution in [-0.4, -0.2) is 20.1 Å². The molecule has 0 aliphatic heterocycles. The van der Waals surface area contributed by atoms with Crippen LogP contribution in [-0.2, 0) is 14.8 Å². The van der Waals surface area contributed by atoms with Crippen molar-refractivity contribution in [2.45, 2.75) is 9.79 Å². The largest absolute Gasteiger partial charge is 0.325 e. The van der Waals surface area contributed by atoms with Gasteiger partial charge < -0.3 is 5.32 Å². The Hall–Kier alpha value is -2.29. The normalized spacial score (nSPS) is 11.0. The first-order chi connectivity index (χ1) is 13.4. The lowest BCUT2D eigenvalue weighted by molar-refractivity contribution is -0.113. The molecule has 0 heterocycles. The fourth-order valence-electron chi connectivity index (χ4n) is 2.31. The van der Waals surface area contributed by atoms with Crippen LogP contribution in [0.15, 0.2) is 93.1 Å². The quantitative estimate of drug-likeness (QED) is 0.471. The van der Waals surface area contributed by atoms with Gasteiger partial charge in [0.1, 0.15) is 0 Å². The molecule has 0 radical (unpaired) electrons. The molecule has 0 bridgehead atoms. The van der Waals surface area contributed by atoms with Crippen molar-refractivity contribution in [3.8, 4) is 0 Å². The first-order valence-electron chi connectivity index (χ1n) is 8.28. The maximum atomic E-state index is 12.5. The Labute approximate surface area is 176 Å². The van der Waals surface area contributed by atoms with Crippen molar-refractivity contribution in [2.24, 2.45) is 0 Å². The van der Waals surface area contributed by atoms with Gasteiger partial charge in [-0.05, 0) is 60.7 Å². The van der Waals surface area contributed by atoms with Gasteiger partial charge in [-0.15, -0.1) is 11.8 Å². The van der Waals surface area contributed by atoms with Crippen molar-refractivity contribution in [3.05, 3.63) is 83.3 Å². The number of halogens is 1. The number of anilines is 2. The van der Waals surface area contributed by atoms with E-state index >= 15 is 0 Å². The van der Waals surface area contributed by atoms with Gasteiger partial charge in [0.05, 0.1) is 10.6 Å². The summed E-state index contributed by atoms with van der Waals surface area (Å²) in [7, 11) is -3.70. The first-order valence-corrected chi connectivity index (χ1v) is 11.5. The van der Waals surface area contributed by atoms with Gasteiger partial charge >= 0.3 is 0 Å². The minimum absolute atomic E-state index is 0.118. The number of nitrogens with one attached hydrogen (secondary N) is 2. The van der Waals surface area contributed by atoms with E-state index in [-0.39, 0.29) is 16.6 Å². The highest BCUT2D eigenvalue weighted by molar-refractivity contribution is 9.10. The summed E-state index contributed by atoms with van der Waals surface area (Å²) in [6.45, 7) is 0. The summed E-state index contributed by atoms with van der Waals surface area (Å²) in [6, 6.07) is 22.5. The predicted molar refractivity (Wildman–Crippen MR) is 117 cm³/mol. The van der Waals surface area contributed by atoms with Crippen LogP contribution in [0.1, 0.15) is 0 Å². The Bertz CT molecular complexity index is 1040. The molecule has 0 aliphatic carbocycles. The monoisotopic (exact) mass is 476 g/mol. The summed E-state index contributed by atoms with van der Waals surface area (Å²) in [6.07, 6.45) is 0. The molecule has 0 spiro atoms. The van der Waals surface area contributed by atoms with E-state index in [9.17, 15) is 13.2 Å². The third-order valence-corrected chi connectivity index (χ3v) is 6.60. The fraction of sp³-hybridized carbons (Fsp3) is 0.0500. The Morgan fingerprint density at radius 3 is 2.11 bits per heavy atom. The van der Waals surface area contributed by atoms with Crippen molar-refractivity contribution in [1.29, 1.82) is 0 Å². The van der Waals surface area contributed by atoms with Crippen LogP contribution in [0.2, 0.25) is 0 Å². The summed E-state index contributed by atoms with van der Waals surface area (Å²) >= 11 is 4.74. The Kier molecular flexibility index (Phi) is 6.77. The first kappa shape index (κ1) is 20.4. The van der Waals surface area contributed by atoms with Gasteiger partial charge in [-0.1, -0.05) is 34.1 Å². The molecular formula is C20H17BrN2O3S2. The number of thioether (sulfide) groups is 1. The molecule has 0 fully saturated rings. The van der Waals surface area contributed by atoms with Crippen LogP contribution < -0.4 is 10.0 Å². The lowest BCUT2D eigenvalue weighted by atomic mass is 10.3. The Balaban J connectivity index is 1.59. The minimum Gasteiger partial charge on any atom is -0.325 e. The molecule has 3 rings (SSSR count). The highest BCUT2D eigenvalue weighted by Crippen LogP contribution is 2.21. The van der Waals surface area contributed by atoms with Crippen molar-refractivity contribution in [1.82, 2.24) is 0 Å². The molecule has 0 unspecified atom stereocenters. The van der Waals surface area contributed by atoms with E-state index in [1.165, 1.54) is 23.9 Å². The summed E-state index contributed by atoms with van der Waals surface area (Å²) in [4.78, 5) is 13.2. The topological polar surface area (TPSA) is 75.3 Å². The highest BCUT2D eigenvalue weighted by Gasteiger charge is 2.14. The molecule has 1 amide bonds. The van der Waals surface area contributed by atoms with E-state index in [0.29, 0.717) is 11.4 Å². The Morgan fingerprint density at radius 1 is 0.857 bits per heavy atom. The van der Waals surface area contributed by atoms with E-state index in [4.69, 9.17) is 0 Å². The van der Waals surface area contributed by atoms with Crippen molar-refractivity contribution in [3.63, 3.8) is 0 Å². The third kappa shape index (κ3) is 5.85. The van der Waals surface area contributed by atoms with Crippen molar-refractivity contribution < 1.29 is 13.2 Å². The average molecular weight is 477 g/mol. The summed E-state index contributed by atoms with van der Waals surface area (Å²) in [5.74, 6) is 0.118. The van der Waals surface area contributed by atoms with E-state index in [1.807, 2.05) is 30.3 Å². The summed E-state index contributed by atoms with van der Waals surface area (Å²) in [5.41, 5.74) is 1.01. The van der Waals surface area contributed by atoms with E-state index in [0.717, 1.165) is 9.37 Å². The lowest BCUT2D eigenvalue weighted by Crippen LogP contribution is -2.15. The van der Waals surface area contributed by atoms with E-state index in [2.05, 4.69) is 26.0 Å². The molecule has 3 aromatic rings. The predicted octanol–water partition coefficient (Wildman–Crippen LogP) is 4.98. The molecule has 0 aliphatic rings. The maximum Gasteiger partial charge on any atom is 0.261 e.